The van der Waals surface area contributed by atoms with Crippen LogP contribution in [-0.4, -0.2) is 68.8 Å². The highest BCUT2D eigenvalue weighted by Gasteiger charge is 2.17. The number of piperazine rings is 1. The van der Waals surface area contributed by atoms with Gasteiger partial charge >= 0.3 is 0 Å². The summed E-state index contributed by atoms with van der Waals surface area (Å²) in [6, 6.07) is 0.746. The Morgan fingerprint density at radius 3 is 2.47 bits per heavy atom. The SMILES string of the molecule is CN1CCC(NCN2CCNCC2)CC1. The lowest BCUT2D eigenvalue weighted by Crippen LogP contribution is -2.50. The lowest BCUT2D eigenvalue weighted by Gasteiger charge is -2.33. The second-order valence-corrected chi connectivity index (χ2v) is 4.81. The second kappa shape index (κ2) is 5.80. The van der Waals surface area contributed by atoms with E-state index in [-0.39, 0.29) is 0 Å². The van der Waals surface area contributed by atoms with E-state index < -0.39 is 0 Å². The van der Waals surface area contributed by atoms with Gasteiger partial charge in [0.2, 0.25) is 0 Å². The summed E-state index contributed by atoms with van der Waals surface area (Å²) in [7, 11) is 2.21. The van der Waals surface area contributed by atoms with Gasteiger partial charge in [0.25, 0.3) is 0 Å². The van der Waals surface area contributed by atoms with Crippen LogP contribution in [0.15, 0.2) is 0 Å². The Morgan fingerprint density at radius 2 is 1.80 bits per heavy atom. The smallest absolute Gasteiger partial charge is 0.0483 e. The molecule has 4 nitrogen and oxygen atoms in total. The van der Waals surface area contributed by atoms with Gasteiger partial charge in [-0.25, -0.2) is 0 Å². The van der Waals surface area contributed by atoms with Crippen molar-refractivity contribution in [3.05, 3.63) is 0 Å². The van der Waals surface area contributed by atoms with Gasteiger partial charge in [0, 0.05) is 38.9 Å². The summed E-state index contributed by atoms with van der Waals surface area (Å²) >= 11 is 0. The number of hydrogen-bond donors (Lipinski definition) is 2. The highest BCUT2D eigenvalue weighted by molar-refractivity contribution is 4.76. The molecule has 0 aromatic carbocycles. The third-order valence-electron chi connectivity index (χ3n) is 3.53. The molecule has 0 unspecified atom stereocenters. The third-order valence-corrected chi connectivity index (χ3v) is 3.53. The van der Waals surface area contributed by atoms with Crippen molar-refractivity contribution in [2.45, 2.75) is 18.9 Å². The topological polar surface area (TPSA) is 30.5 Å². The first-order valence-electron chi connectivity index (χ1n) is 6.19. The van der Waals surface area contributed by atoms with E-state index >= 15 is 0 Å². The van der Waals surface area contributed by atoms with Gasteiger partial charge in [-0.2, -0.15) is 0 Å². The zero-order valence-corrected chi connectivity index (χ0v) is 9.84. The second-order valence-electron chi connectivity index (χ2n) is 4.81. The summed E-state index contributed by atoms with van der Waals surface area (Å²) in [6.45, 7) is 8.26. The Bertz CT molecular complexity index is 171. The van der Waals surface area contributed by atoms with E-state index in [1.165, 1.54) is 39.0 Å². The molecule has 4 heteroatoms. The van der Waals surface area contributed by atoms with Crippen LogP contribution < -0.4 is 10.6 Å². The van der Waals surface area contributed by atoms with Gasteiger partial charge in [0.15, 0.2) is 0 Å². The largest absolute Gasteiger partial charge is 0.314 e. The minimum atomic E-state index is 0.746. The van der Waals surface area contributed by atoms with Crippen molar-refractivity contribution in [3.63, 3.8) is 0 Å². The van der Waals surface area contributed by atoms with Crippen LogP contribution in [0.4, 0.5) is 0 Å². The molecule has 0 aliphatic carbocycles. The van der Waals surface area contributed by atoms with Crippen molar-refractivity contribution in [2.75, 3.05) is 53.0 Å². The number of nitrogens with one attached hydrogen (secondary N) is 2. The van der Waals surface area contributed by atoms with Gasteiger partial charge in [-0.1, -0.05) is 0 Å². The molecule has 2 fully saturated rings. The molecule has 88 valence electrons. The van der Waals surface area contributed by atoms with Crippen molar-refractivity contribution in [1.29, 1.82) is 0 Å². The Balaban J connectivity index is 1.60. The maximum absolute atomic E-state index is 3.68. The van der Waals surface area contributed by atoms with Crippen molar-refractivity contribution in [2.24, 2.45) is 0 Å². The molecule has 2 aliphatic heterocycles. The van der Waals surface area contributed by atoms with Gasteiger partial charge < -0.3 is 15.5 Å². The molecule has 0 atom stereocenters. The van der Waals surface area contributed by atoms with Gasteiger partial charge in [-0.05, 0) is 33.0 Å². The lowest BCUT2D eigenvalue weighted by molar-refractivity contribution is 0.182. The van der Waals surface area contributed by atoms with Gasteiger partial charge in [-0.15, -0.1) is 0 Å². The molecule has 15 heavy (non-hydrogen) atoms. The first-order valence-corrected chi connectivity index (χ1v) is 6.19. The summed E-state index contributed by atoms with van der Waals surface area (Å²) in [4.78, 5) is 4.93. The molecule has 0 aromatic heterocycles. The Kier molecular flexibility index (Phi) is 4.38. The fourth-order valence-electron chi connectivity index (χ4n) is 2.34. The molecule has 0 aromatic rings. The number of nitrogens with zero attached hydrogens (tertiary/aromatic N) is 2. The van der Waals surface area contributed by atoms with Crippen LogP contribution >= 0.6 is 0 Å². The maximum atomic E-state index is 3.68. The fraction of sp³-hybridized carbons (Fsp3) is 1.00. The van der Waals surface area contributed by atoms with Gasteiger partial charge in [0.05, 0.1) is 0 Å². The average molecular weight is 212 g/mol. The predicted octanol–water partition coefficient (Wildman–Crippen LogP) is -0.467. The third kappa shape index (κ3) is 3.72. The van der Waals surface area contributed by atoms with Crippen LogP contribution in [0.1, 0.15) is 12.8 Å². The summed E-state index contributed by atoms with van der Waals surface area (Å²) in [6.07, 6.45) is 2.62. The van der Waals surface area contributed by atoms with E-state index in [0.717, 1.165) is 25.8 Å². The number of rotatable bonds is 3. The molecule has 0 amide bonds. The molecule has 0 bridgehead atoms. The molecule has 0 saturated carbocycles. The average Bonchev–Trinajstić information content (AvgIpc) is 2.30. The molecular weight excluding hydrogens is 188 g/mol. The number of hydrogen-bond acceptors (Lipinski definition) is 4. The summed E-state index contributed by atoms with van der Waals surface area (Å²) in [5.74, 6) is 0. The van der Waals surface area contributed by atoms with Crippen LogP contribution in [-0.2, 0) is 0 Å². The molecule has 2 rings (SSSR count). The van der Waals surface area contributed by atoms with Gasteiger partial charge in [0.1, 0.15) is 0 Å². The Hall–Kier alpha value is -0.160. The molecule has 2 heterocycles. The Morgan fingerprint density at radius 1 is 1.13 bits per heavy atom. The first-order chi connectivity index (χ1) is 7.34. The molecule has 2 N–H and O–H groups in total. The van der Waals surface area contributed by atoms with Crippen molar-refractivity contribution < 1.29 is 0 Å². The minimum absolute atomic E-state index is 0.746. The van der Waals surface area contributed by atoms with Crippen LogP contribution in [0.25, 0.3) is 0 Å². The van der Waals surface area contributed by atoms with Crippen molar-refractivity contribution in [3.8, 4) is 0 Å². The van der Waals surface area contributed by atoms with Gasteiger partial charge in [-0.3, -0.25) is 4.90 Å². The van der Waals surface area contributed by atoms with E-state index in [4.69, 9.17) is 0 Å². The Labute approximate surface area is 93.0 Å². The summed E-state index contributed by atoms with van der Waals surface area (Å²) in [5.41, 5.74) is 0. The van der Waals surface area contributed by atoms with E-state index in [1.807, 2.05) is 0 Å². The maximum Gasteiger partial charge on any atom is 0.0483 e. The summed E-state index contributed by atoms with van der Waals surface area (Å²) < 4.78 is 0. The van der Waals surface area contributed by atoms with Crippen molar-refractivity contribution in [1.82, 2.24) is 20.4 Å². The fourth-order valence-corrected chi connectivity index (χ4v) is 2.34. The molecular formula is C11H24N4. The molecule has 2 aliphatic rings. The van der Waals surface area contributed by atoms with Crippen LogP contribution in [0, 0.1) is 0 Å². The zero-order chi connectivity index (χ0) is 10.5. The van der Waals surface area contributed by atoms with Crippen molar-refractivity contribution >= 4 is 0 Å². The molecule has 2 saturated heterocycles. The van der Waals surface area contributed by atoms with E-state index in [0.29, 0.717) is 0 Å². The van der Waals surface area contributed by atoms with Crippen LogP contribution in [0.5, 0.6) is 0 Å². The quantitative estimate of drug-likeness (QED) is 0.662. The van der Waals surface area contributed by atoms with E-state index in [9.17, 15) is 0 Å². The van der Waals surface area contributed by atoms with E-state index in [2.05, 4.69) is 27.5 Å². The normalized spacial score (nSPS) is 27.0. The van der Waals surface area contributed by atoms with E-state index in [1.54, 1.807) is 0 Å². The molecule has 0 spiro atoms. The highest BCUT2D eigenvalue weighted by Crippen LogP contribution is 2.07. The number of likely N-dealkylation sites (tertiary alicyclic amines) is 1. The number of piperidine rings is 1. The predicted molar refractivity (Wildman–Crippen MR) is 63.0 cm³/mol. The van der Waals surface area contributed by atoms with Crippen LogP contribution in [0.3, 0.4) is 0 Å². The summed E-state index contributed by atoms with van der Waals surface area (Å²) in [5, 5.41) is 7.07. The minimum Gasteiger partial charge on any atom is -0.314 e. The monoisotopic (exact) mass is 212 g/mol. The highest BCUT2D eigenvalue weighted by atomic mass is 15.3. The standard InChI is InChI=1S/C11H24N4/c1-14-6-2-11(3-7-14)13-10-15-8-4-12-5-9-15/h11-13H,2-10H2,1H3. The van der Waals surface area contributed by atoms with Crippen LogP contribution in [0.2, 0.25) is 0 Å². The first kappa shape index (κ1) is 11.3. The lowest BCUT2D eigenvalue weighted by atomic mass is 10.1. The molecule has 0 radical (unpaired) electrons. The zero-order valence-electron chi connectivity index (χ0n) is 9.84.